The van der Waals surface area contributed by atoms with Crippen LogP contribution in [0, 0.1) is 5.92 Å². The molecule has 0 aromatic carbocycles. The molecule has 1 N–H and O–H groups in total. The van der Waals surface area contributed by atoms with E-state index in [1.165, 1.54) is 0 Å². The van der Waals surface area contributed by atoms with Crippen LogP contribution in [-0.2, 0) is 9.47 Å². The third-order valence-corrected chi connectivity index (χ3v) is 2.55. The summed E-state index contributed by atoms with van der Waals surface area (Å²) in [6.45, 7) is 7.97. The highest BCUT2D eigenvalue weighted by Crippen LogP contribution is 2.17. The van der Waals surface area contributed by atoms with Gasteiger partial charge in [0.1, 0.15) is 0 Å². The standard InChI is InChI=1S/C10H21NO2/c1-9(7-12-3)6-11-10(2)4-5-13-8-10/h9,11H,4-8H2,1-3H3. The largest absolute Gasteiger partial charge is 0.384 e. The van der Waals surface area contributed by atoms with Gasteiger partial charge in [0.15, 0.2) is 0 Å². The number of rotatable bonds is 5. The summed E-state index contributed by atoms with van der Waals surface area (Å²) < 4.78 is 10.4. The van der Waals surface area contributed by atoms with Crippen molar-refractivity contribution in [1.82, 2.24) is 5.32 Å². The second kappa shape index (κ2) is 4.94. The Labute approximate surface area is 80.8 Å². The minimum Gasteiger partial charge on any atom is -0.384 e. The van der Waals surface area contributed by atoms with E-state index in [1.54, 1.807) is 7.11 Å². The SMILES string of the molecule is COCC(C)CNC1(C)CCOC1. The first-order chi connectivity index (χ1) is 6.16. The van der Waals surface area contributed by atoms with E-state index in [0.717, 1.165) is 32.8 Å². The first-order valence-corrected chi connectivity index (χ1v) is 4.98. The van der Waals surface area contributed by atoms with E-state index in [4.69, 9.17) is 9.47 Å². The lowest BCUT2D eigenvalue weighted by atomic mass is 10.0. The Morgan fingerprint density at radius 2 is 2.38 bits per heavy atom. The first-order valence-electron chi connectivity index (χ1n) is 4.98. The lowest BCUT2D eigenvalue weighted by molar-refractivity contribution is 0.144. The molecule has 0 radical (unpaired) electrons. The fraction of sp³-hybridized carbons (Fsp3) is 1.00. The molecule has 2 atom stereocenters. The van der Waals surface area contributed by atoms with Crippen LogP contribution in [0.1, 0.15) is 20.3 Å². The molecule has 1 saturated heterocycles. The molecule has 1 fully saturated rings. The first kappa shape index (κ1) is 11.0. The highest BCUT2D eigenvalue weighted by atomic mass is 16.5. The topological polar surface area (TPSA) is 30.5 Å². The van der Waals surface area contributed by atoms with Gasteiger partial charge in [0, 0.05) is 32.4 Å². The maximum atomic E-state index is 5.36. The van der Waals surface area contributed by atoms with Gasteiger partial charge in [-0.3, -0.25) is 0 Å². The van der Waals surface area contributed by atoms with E-state index in [2.05, 4.69) is 19.2 Å². The third-order valence-electron chi connectivity index (χ3n) is 2.55. The number of hydrogen-bond acceptors (Lipinski definition) is 3. The van der Waals surface area contributed by atoms with Gasteiger partial charge < -0.3 is 14.8 Å². The van der Waals surface area contributed by atoms with E-state index >= 15 is 0 Å². The molecule has 0 aromatic rings. The van der Waals surface area contributed by atoms with Gasteiger partial charge >= 0.3 is 0 Å². The van der Waals surface area contributed by atoms with Crippen LogP contribution in [0.2, 0.25) is 0 Å². The summed E-state index contributed by atoms with van der Waals surface area (Å²) >= 11 is 0. The highest BCUT2D eigenvalue weighted by molar-refractivity contribution is 4.87. The molecular weight excluding hydrogens is 166 g/mol. The maximum Gasteiger partial charge on any atom is 0.0646 e. The van der Waals surface area contributed by atoms with Crippen molar-refractivity contribution in [3.63, 3.8) is 0 Å². The van der Waals surface area contributed by atoms with Crippen molar-refractivity contribution >= 4 is 0 Å². The molecule has 1 rings (SSSR count). The molecule has 2 unspecified atom stereocenters. The predicted molar refractivity (Wildman–Crippen MR) is 52.9 cm³/mol. The molecule has 3 heteroatoms. The molecule has 0 bridgehead atoms. The Bertz CT molecular complexity index is 144. The lowest BCUT2D eigenvalue weighted by Gasteiger charge is -2.25. The van der Waals surface area contributed by atoms with Crippen LogP contribution >= 0.6 is 0 Å². The van der Waals surface area contributed by atoms with Crippen molar-refractivity contribution < 1.29 is 9.47 Å². The molecule has 0 saturated carbocycles. The molecule has 1 heterocycles. The van der Waals surface area contributed by atoms with Crippen LogP contribution in [0.4, 0.5) is 0 Å². The smallest absolute Gasteiger partial charge is 0.0646 e. The average molecular weight is 187 g/mol. The summed E-state index contributed by atoms with van der Waals surface area (Å²) in [5.74, 6) is 0.572. The molecule has 0 spiro atoms. The number of nitrogens with one attached hydrogen (secondary N) is 1. The fourth-order valence-corrected chi connectivity index (χ4v) is 1.57. The summed E-state index contributed by atoms with van der Waals surface area (Å²) in [4.78, 5) is 0. The van der Waals surface area contributed by atoms with Crippen LogP contribution in [0.5, 0.6) is 0 Å². The van der Waals surface area contributed by atoms with Gasteiger partial charge in [-0.1, -0.05) is 6.92 Å². The van der Waals surface area contributed by atoms with Crippen molar-refractivity contribution in [2.45, 2.75) is 25.8 Å². The lowest BCUT2D eigenvalue weighted by Crippen LogP contribution is -2.45. The van der Waals surface area contributed by atoms with Crippen molar-refractivity contribution in [3.8, 4) is 0 Å². The van der Waals surface area contributed by atoms with Crippen molar-refractivity contribution in [3.05, 3.63) is 0 Å². The predicted octanol–water partition coefficient (Wildman–Crippen LogP) is 1.04. The highest BCUT2D eigenvalue weighted by Gasteiger charge is 2.28. The monoisotopic (exact) mass is 187 g/mol. The van der Waals surface area contributed by atoms with Gasteiger partial charge in [-0.05, 0) is 19.3 Å². The second-order valence-corrected chi connectivity index (χ2v) is 4.30. The Hall–Kier alpha value is -0.120. The Morgan fingerprint density at radius 3 is 2.92 bits per heavy atom. The van der Waals surface area contributed by atoms with Crippen LogP contribution in [0.25, 0.3) is 0 Å². The summed E-state index contributed by atoms with van der Waals surface area (Å²) in [5, 5.41) is 3.54. The van der Waals surface area contributed by atoms with Gasteiger partial charge in [-0.2, -0.15) is 0 Å². The zero-order chi connectivity index (χ0) is 9.73. The van der Waals surface area contributed by atoms with Crippen molar-refractivity contribution in [1.29, 1.82) is 0 Å². The van der Waals surface area contributed by atoms with E-state index < -0.39 is 0 Å². The van der Waals surface area contributed by atoms with Gasteiger partial charge in [0.25, 0.3) is 0 Å². The molecule has 1 aliphatic heterocycles. The van der Waals surface area contributed by atoms with Gasteiger partial charge in [0.2, 0.25) is 0 Å². The molecule has 13 heavy (non-hydrogen) atoms. The normalized spacial score (nSPS) is 30.7. The fourth-order valence-electron chi connectivity index (χ4n) is 1.57. The average Bonchev–Trinajstić information content (AvgIpc) is 2.51. The number of ether oxygens (including phenoxy) is 2. The summed E-state index contributed by atoms with van der Waals surface area (Å²) in [6, 6.07) is 0. The van der Waals surface area contributed by atoms with Crippen LogP contribution in [-0.4, -0.2) is 39.0 Å². The zero-order valence-corrected chi connectivity index (χ0v) is 8.93. The molecule has 0 amide bonds. The van der Waals surface area contributed by atoms with Gasteiger partial charge in [0.05, 0.1) is 6.61 Å². The van der Waals surface area contributed by atoms with E-state index in [1.807, 2.05) is 0 Å². The van der Waals surface area contributed by atoms with E-state index in [0.29, 0.717) is 5.92 Å². The van der Waals surface area contributed by atoms with Crippen LogP contribution in [0.3, 0.4) is 0 Å². The molecule has 1 aliphatic rings. The zero-order valence-electron chi connectivity index (χ0n) is 8.93. The van der Waals surface area contributed by atoms with Crippen molar-refractivity contribution in [2.75, 3.05) is 33.5 Å². The van der Waals surface area contributed by atoms with E-state index in [-0.39, 0.29) is 5.54 Å². The minimum absolute atomic E-state index is 0.196. The summed E-state index contributed by atoms with van der Waals surface area (Å²) in [7, 11) is 1.75. The number of hydrogen-bond donors (Lipinski definition) is 1. The van der Waals surface area contributed by atoms with Crippen molar-refractivity contribution in [2.24, 2.45) is 5.92 Å². The Morgan fingerprint density at radius 1 is 1.62 bits per heavy atom. The molecule has 0 aromatic heterocycles. The van der Waals surface area contributed by atoms with Gasteiger partial charge in [-0.15, -0.1) is 0 Å². The molecule has 3 nitrogen and oxygen atoms in total. The Balaban J connectivity index is 2.17. The number of methoxy groups -OCH3 is 1. The Kier molecular flexibility index (Phi) is 4.16. The van der Waals surface area contributed by atoms with E-state index in [9.17, 15) is 0 Å². The minimum atomic E-state index is 0.196. The molecule has 0 aliphatic carbocycles. The quantitative estimate of drug-likeness (QED) is 0.697. The molecular formula is C10H21NO2. The summed E-state index contributed by atoms with van der Waals surface area (Å²) in [6.07, 6.45) is 1.12. The maximum absolute atomic E-state index is 5.36. The second-order valence-electron chi connectivity index (χ2n) is 4.30. The molecule has 78 valence electrons. The van der Waals surface area contributed by atoms with Gasteiger partial charge in [-0.25, -0.2) is 0 Å². The van der Waals surface area contributed by atoms with Crippen LogP contribution in [0.15, 0.2) is 0 Å². The third kappa shape index (κ3) is 3.63. The van der Waals surface area contributed by atoms with Crippen LogP contribution < -0.4 is 5.32 Å². The summed E-state index contributed by atoms with van der Waals surface area (Å²) in [5.41, 5.74) is 0.196.